The molecule has 3 aromatic rings. The van der Waals surface area contributed by atoms with E-state index in [1.165, 1.54) is 52.7 Å². The molecule has 0 aromatic heterocycles. The monoisotopic (exact) mass is 426 g/mol. The second-order valence-corrected chi connectivity index (χ2v) is 8.95. The van der Waals surface area contributed by atoms with Crippen LogP contribution in [-0.4, -0.2) is 33.3 Å². The summed E-state index contributed by atoms with van der Waals surface area (Å²) in [5, 5.41) is 0. The normalized spacial score (nSPS) is 12.3. The molecule has 3 rings (SSSR count). The van der Waals surface area contributed by atoms with E-state index in [0.29, 0.717) is 11.3 Å². The molecular formula is C23H23FN2O3S. The third-order valence-electron chi connectivity index (χ3n) is 5.13. The minimum absolute atomic E-state index is 0.0969. The Bertz CT molecular complexity index is 1120. The smallest absolute Gasteiger partial charge is 0.264 e. The van der Waals surface area contributed by atoms with E-state index in [4.69, 9.17) is 0 Å². The average Bonchev–Trinajstić information content (AvgIpc) is 2.78. The van der Waals surface area contributed by atoms with Gasteiger partial charge in [-0.25, -0.2) is 12.8 Å². The quantitative estimate of drug-likeness (QED) is 0.584. The van der Waals surface area contributed by atoms with Crippen LogP contribution in [0.25, 0.3) is 0 Å². The Balaban J connectivity index is 1.79. The largest absolute Gasteiger partial charge is 0.335 e. The lowest BCUT2D eigenvalue weighted by atomic mass is 10.1. The van der Waals surface area contributed by atoms with Gasteiger partial charge in [-0.05, 0) is 61.0 Å². The van der Waals surface area contributed by atoms with Gasteiger partial charge >= 0.3 is 0 Å². The number of halogens is 1. The molecule has 0 heterocycles. The number of hydrogen-bond donors (Lipinski definition) is 0. The predicted molar refractivity (Wildman–Crippen MR) is 115 cm³/mol. The average molecular weight is 427 g/mol. The van der Waals surface area contributed by atoms with E-state index in [9.17, 15) is 17.6 Å². The van der Waals surface area contributed by atoms with Crippen LogP contribution in [0.3, 0.4) is 0 Å². The molecule has 0 saturated carbocycles. The summed E-state index contributed by atoms with van der Waals surface area (Å²) in [5.74, 6) is -0.593. The molecule has 30 heavy (non-hydrogen) atoms. The maximum absolute atomic E-state index is 13.1. The fourth-order valence-electron chi connectivity index (χ4n) is 3.05. The minimum atomic E-state index is -3.75. The lowest BCUT2D eigenvalue weighted by Gasteiger charge is -2.25. The van der Waals surface area contributed by atoms with Crippen molar-refractivity contribution in [3.8, 4) is 0 Å². The SMILES string of the molecule is CC(c1ccc(F)cc1)N(C)C(=O)c1ccc(S(=O)(=O)N(C)c2ccccc2)cc1. The van der Waals surface area contributed by atoms with Gasteiger partial charge in [0.25, 0.3) is 15.9 Å². The molecule has 0 bridgehead atoms. The first-order valence-corrected chi connectivity index (χ1v) is 10.8. The highest BCUT2D eigenvalue weighted by molar-refractivity contribution is 7.92. The van der Waals surface area contributed by atoms with Crippen LogP contribution in [0.5, 0.6) is 0 Å². The van der Waals surface area contributed by atoms with Gasteiger partial charge in [0.15, 0.2) is 0 Å². The summed E-state index contributed by atoms with van der Waals surface area (Å²) in [4.78, 5) is 14.5. The first-order valence-electron chi connectivity index (χ1n) is 9.38. The highest BCUT2D eigenvalue weighted by Gasteiger charge is 2.23. The van der Waals surface area contributed by atoms with Crippen LogP contribution >= 0.6 is 0 Å². The second kappa shape index (κ2) is 8.67. The van der Waals surface area contributed by atoms with Gasteiger partial charge < -0.3 is 4.90 Å². The molecule has 156 valence electrons. The van der Waals surface area contributed by atoms with Crippen molar-refractivity contribution in [2.45, 2.75) is 17.9 Å². The summed E-state index contributed by atoms with van der Waals surface area (Å²) >= 11 is 0. The first kappa shape index (κ1) is 21.5. The molecular weight excluding hydrogens is 403 g/mol. The molecule has 1 amide bonds. The van der Waals surface area contributed by atoms with Crippen molar-refractivity contribution in [3.63, 3.8) is 0 Å². The molecule has 5 nitrogen and oxygen atoms in total. The zero-order valence-corrected chi connectivity index (χ0v) is 17.8. The maximum Gasteiger partial charge on any atom is 0.264 e. The Hall–Kier alpha value is -3.19. The van der Waals surface area contributed by atoms with Gasteiger partial charge in [-0.2, -0.15) is 0 Å². The van der Waals surface area contributed by atoms with Crippen LogP contribution in [0.4, 0.5) is 10.1 Å². The summed E-state index contributed by atoms with van der Waals surface area (Å²) in [6, 6.07) is 20.3. The number of nitrogens with zero attached hydrogens (tertiary/aromatic N) is 2. The number of carbonyl (C=O) groups excluding carboxylic acids is 1. The Morgan fingerprint density at radius 2 is 1.43 bits per heavy atom. The van der Waals surface area contributed by atoms with Crippen LogP contribution in [0.1, 0.15) is 28.9 Å². The molecule has 3 aromatic carbocycles. The highest BCUT2D eigenvalue weighted by Crippen LogP contribution is 2.24. The Kier molecular flexibility index (Phi) is 6.22. The molecule has 1 unspecified atom stereocenters. The standard InChI is InChI=1S/C23H23FN2O3S/c1-17(18-9-13-20(24)14-10-18)25(2)23(27)19-11-15-22(16-12-19)30(28,29)26(3)21-7-5-4-6-8-21/h4-17H,1-3H3. The van der Waals surface area contributed by atoms with Crippen LogP contribution in [0.15, 0.2) is 83.8 Å². The van der Waals surface area contributed by atoms with E-state index in [-0.39, 0.29) is 22.7 Å². The van der Waals surface area contributed by atoms with Gasteiger partial charge in [-0.15, -0.1) is 0 Å². The number of para-hydroxylation sites is 1. The number of sulfonamides is 1. The fourth-order valence-corrected chi connectivity index (χ4v) is 4.24. The summed E-state index contributed by atoms with van der Waals surface area (Å²) in [6.07, 6.45) is 0. The third kappa shape index (κ3) is 4.36. The predicted octanol–water partition coefficient (Wildman–Crippen LogP) is 4.48. The molecule has 0 aliphatic carbocycles. The van der Waals surface area contributed by atoms with Crippen molar-refractivity contribution in [3.05, 3.63) is 95.8 Å². The van der Waals surface area contributed by atoms with Gasteiger partial charge in [-0.1, -0.05) is 30.3 Å². The molecule has 7 heteroatoms. The van der Waals surface area contributed by atoms with Gasteiger partial charge in [0.1, 0.15) is 5.82 Å². The summed E-state index contributed by atoms with van der Waals surface area (Å²) < 4.78 is 40.1. The summed E-state index contributed by atoms with van der Waals surface area (Å²) in [6.45, 7) is 1.85. The number of carbonyl (C=O) groups is 1. The molecule has 1 atom stereocenters. The fraction of sp³-hybridized carbons (Fsp3) is 0.174. The van der Waals surface area contributed by atoms with Gasteiger partial charge in [0, 0.05) is 19.7 Å². The van der Waals surface area contributed by atoms with Crippen LogP contribution in [-0.2, 0) is 10.0 Å². The molecule has 0 radical (unpaired) electrons. The highest BCUT2D eigenvalue weighted by atomic mass is 32.2. The van der Waals surface area contributed by atoms with E-state index in [1.54, 1.807) is 43.4 Å². The van der Waals surface area contributed by atoms with Crippen molar-refractivity contribution >= 4 is 21.6 Å². The van der Waals surface area contributed by atoms with Crippen LogP contribution < -0.4 is 4.31 Å². The van der Waals surface area contributed by atoms with Crippen molar-refractivity contribution < 1.29 is 17.6 Å². The summed E-state index contributed by atoms with van der Waals surface area (Å²) in [7, 11) is -0.600. The Morgan fingerprint density at radius 3 is 2.00 bits per heavy atom. The molecule has 0 spiro atoms. The van der Waals surface area contributed by atoms with E-state index < -0.39 is 10.0 Å². The van der Waals surface area contributed by atoms with Crippen LogP contribution in [0.2, 0.25) is 0 Å². The lowest BCUT2D eigenvalue weighted by molar-refractivity contribution is 0.0742. The number of amides is 1. The number of benzene rings is 3. The first-order chi connectivity index (χ1) is 14.2. The number of hydrogen-bond acceptors (Lipinski definition) is 3. The minimum Gasteiger partial charge on any atom is -0.335 e. The molecule has 0 aliphatic rings. The van der Waals surface area contributed by atoms with E-state index in [2.05, 4.69) is 0 Å². The van der Waals surface area contributed by atoms with Crippen molar-refractivity contribution in [2.75, 3.05) is 18.4 Å². The van der Waals surface area contributed by atoms with Crippen molar-refractivity contribution in [1.29, 1.82) is 0 Å². The van der Waals surface area contributed by atoms with Crippen molar-refractivity contribution in [1.82, 2.24) is 4.90 Å². The number of rotatable bonds is 6. The molecule has 0 N–H and O–H groups in total. The van der Waals surface area contributed by atoms with Crippen molar-refractivity contribution in [2.24, 2.45) is 0 Å². The zero-order valence-electron chi connectivity index (χ0n) is 17.0. The van der Waals surface area contributed by atoms with Gasteiger partial charge in [0.2, 0.25) is 0 Å². The Labute approximate surface area is 176 Å². The zero-order chi connectivity index (χ0) is 21.9. The lowest BCUT2D eigenvalue weighted by Crippen LogP contribution is -2.30. The van der Waals surface area contributed by atoms with Gasteiger partial charge in [-0.3, -0.25) is 9.10 Å². The van der Waals surface area contributed by atoms with Gasteiger partial charge in [0.05, 0.1) is 16.6 Å². The van der Waals surface area contributed by atoms with Crippen LogP contribution in [0, 0.1) is 5.82 Å². The van der Waals surface area contributed by atoms with E-state index >= 15 is 0 Å². The maximum atomic E-state index is 13.1. The number of anilines is 1. The molecule has 0 aliphatic heterocycles. The van der Waals surface area contributed by atoms with E-state index in [0.717, 1.165) is 5.56 Å². The molecule has 0 saturated heterocycles. The molecule has 0 fully saturated rings. The second-order valence-electron chi connectivity index (χ2n) is 6.98. The Morgan fingerprint density at radius 1 is 0.867 bits per heavy atom. The summed E-state index contributed by atoms with van der Waals surface area (Å²) in [5.41, 5.74) is 1.72. The van der Waals surface area contributed by atoms with E-state index in [1.807, 2.05) is 13.0 Å². The topological polar surface area (TPSA) is 57.7 Å². The third-order valence-corrected chi connectivity index (χ3v) is 6.93.